The second kappa shape index (κ2) is 6.96. The number of anilines is 1. The number of rotatable bonds is 6. The van der Waals surface area contributed by atoms with Crippen LogP contribution in [0.4, 0.5) is 19.0 Å². The number of methoxy groups -OCH3 is 1. The van der Waals surface area contributed by atoms with E-state index in [0.717, 1.165) is 11.1 Å². The molecule has 6 nitrogen and oxygen atoms in total. The Balaban J connectivity index is 1.82. The third-order valence-electron chi connectivity index (χ3n) is 3.57. The lowest BCUT2D eigenvalue weighted by Crippen LogP contribution is -2.11. The highest BCUT2D eigenvalue weighted by Gasteiger charge is 2.25. The average Bonchev–Trinajstić information content (AvgIpc) is 3.01. The van der Waals surface area contributed by atoms with Crippen molar-refractivity contribution < 1.29 is 17.9 Å². The first-order chi connectivity index (χ1) is 12.0. The Bertz CT molecular complexity index is 862. The van der Waals surface area contributed by atoms with Gasteiger partial charge in [-0.3, -0.25) is 0 Å². The predicted molar refractivity (Wildman–Crippen MR) is 86.5 cm³/mol. The first kappa shape index (κ1) is 17.0. The van der Waals surface area contributed by atoms with Crippen molar-refractivity contribution in [2.45, 2.75) is 19.0 Å². The monoisotopic (exact) mass is 351 g/mol. The maximum Gasteiger partial charge on any atom is 0.389 e. The second-order valence-electron chi connectivity index (χ2n) is 5.34. The Hall–Kier alpha value is -2.84. The van der Waals surface area contributed by atoms with Gasteiger partial charge in [0.15, 0.2) is 5.65 Å². The van der Waals surface area contributed by atoms with E-state index in [1.165, 1.54) is 7.11 Å². The first-order valence-electron chi connectivity index (χ1n) is 7.62. The molecule has 0 atom stereocenters. The largest absolute Gasteiger partial charge is 0.481 e. The quantitative estimate of drug-likeness (QED) is 0.688. The molecule has 0 spiro atoms. The fraction of sp³-hybridized carbons (Fsp3) is 0.312. The van der Waals surface area contributed by atoms with Crippen molar-refractivity contribution in [1.82, 2.24) is 19.6 Å². The van der Waals surface area contributed by atoms with Crippen LogP contribution in [-0.4, -0.2) is 39.4 Å². The summed E-state index contributed by atoms with van der Waals surface area (Å²) in [5, 5.41) is 7.14. The molecule has 3 heterocycles. The number of halogens is 3. The van der Waals surface area contributed by atoms with E-state index in [9.17, 15) is 13.2 Å². The summed E-state index contributed by atoms with van der Waals surface area (Å²) in [6.45, 7) is 0.183. The molecule has 0 bridgehead atoms. The molecular weight excluding hydrogens is 335 g/mol. The summed E-state index contributed by atoms with van der Waals surface area (Å²) in [7, 11) is 1.53. The number of ether oxygens (including phenoxy) is 1. The Morgan fingerprint density at radius 1 is 1.24 bits per heavy atom. The Labute approximate surface area is 141 Å². The fourth-order valence-electron chi connectivity index (χ4n) is 2.42. The highest BCUT2D eigenvalue weighted by molar-refractivity contribution is 5.80. The number of aromatic nitrogens is 4. The van der Waals surface area contributed by atoms with Gasteiger partial charge in [-0.15, -0.1) is 0 Å². The topological polar surface area (TPSA) is 64.3 Å². The van der Waals surface area contributed by atoms with Gasteiger partial charge in [0.05, 0.1) is 18.9 Å². The molecule has 0 aliphatic rings. The number of fused-ring (bicyclic) bond motifs is 1. The van der Waals surface area contributed by atoms with Crippen LogP contribution in [0.2, 0.25) is 0 Å². The van der Waals surface area contributed by atoms with Gasteiger partial charge < -0.3 is 10.1 Å². The molecule has 25 heavy (non-hydrogen) atoms. The highest BCUT2D eigenvalue weighted by atomic mass is 19.4. The van der Waals surface area contributed by atoms with Gasteiger partial charge in [-0.2, -0.15) is 18.3 Å². The van der Waals surface area contributed by atoms with E-state index in [4.69, 9.17) is 4.74 Å². The minimum atomic E-state index is -4.14. The molecule has 0 fully saturated rings. The van der Waals surface area contributed by atoms with Crippen LogP contribution in [0, 0.1) is 0 Å². The van der Waals surface area contributed by atoms with Gasteiger partial charge in [-0.1, -0.05) is 0 Å². The molecule has 0 saturated carbocycles. The molecule has 1 N–H and O–H groups in total. The highest BCUT2D eigenvalue weighted by Crippen LogP contribution is 2.30. The summed E-state index contributed by atoms with van der Waals surface area (Å²) in [6, 6.07) is 5.28. The molecule has 9 heteroatoms. The van der Waals surface area contributed by atoms with Crippen molar-refractivity contribution in [3.63, 3.8) is 0 Å². The number of alkyl halides is 3. The summed E-state index contributed by atoms with van der Waals surface area (Å²) in [5.74, 6) is 0.932. The van der Waals surface area contributed by atoms with Gasteiger partial charge in [-0.25, -0.2) is 14.5 Å². The van der Waals surface area contributed by atoms with Crippen LogP contribution < -0.4 is 10.1 Å². The van der Waals surface area contributed by atoms with Crippen molar-refractivity contribution in [3.8, 4) is 17.0 Å². The molecule has 0 aromatic carbocycles. The Kier molecular flexibility index (Phi) is 4.73. The summed E-state index contributed by atoms with van der Waals surface area (Å²) in [4.78, 5) is 8.60. The van der Waals surface area contributed by atoms with Crippen LogP contribution >= 0.6 is 0 Å². The molecule has 0 unspecified atom stereocenters. The molecule has 0 aliphatic carbocycles. The van der Waals surface area contributed by atoms with Crippen LogP contribution in [0.3, 0.4) is 0 Å². The van der Waals surface area contributed by atoms with E-state index in [2.05, 4.69) is 20.4 Å². The minimum absolute atomic E-state index is 0.0150. The van der Waals surface area contributed by atoms with Crippen LogP contribution in [0.15, 0.2) is 36.8 Å². The van der Waals surface area contributed by atoms with Gasteiger partial charge >= 0.3 is 6.18 Å². The third kappa shape index (κ3) is 3.98. The van der Waals surface area contributed by atoms with E-state index in [0.29, 0.717) is 17.3 Å². The van der Waals surface area contributed by atoms with Gasteiger partial charge in [-0.05, 0) is 24.6 Å². The van der Waals surface area contributed by atoms with Gasteiger partial charge in [0.1, 0.15) is 5.82 Å². The van der Waals surface area contributed by atoms with Crippen molar-refractivity contribution in [2.75, 3.05) is 19.0 Å². The number of nitrogens with one attached hydrogen (secondary N) is 1. The molecule has 0 radical (unpaired) electrons. The van der Waals surface area contributed by atoms with E-state index in [1.54, 1.807) is 35.2 Å². The van der Waals surface area contributed by atoms with Crippen molar-refractivity contribution in [1.29, 1.82) is 0 Å². The lowest BCUT2D eigenvalue weighted by molar-refractivity contribution is -0.134. The number of pyridine rings is 1. The summed E-state index contributed by atoms with van der Waals surface area (Å²) in [6.07, 6.45) is -0.0221. The first-order valence-corrected chi connectivity index (χ1v) is 7.62. The fourth-order valence-corrected chi connectivity index (χ4v) is 2.42. The standard InChI is InChI=1S/C16H16F3N5O/c1-25-15-11(4-2-7-21-15)12-10-22-24-9-5-13(23-14(12)24)20-8-3-6-16(17,18)19/h2,4-5,7,9-10H,3,6,8H2,1H3,(H,20,23). The van der Waals surface area contributed by atoms with Crippen LogP contribution in [-0.2, 0) is 0 Å². The van der Waals surface area contributed by atoms with E-state index in [-0.39, 0.29) is 13.0 Å². The van der Waals surface area contributed by atoms with Crippen molar-refractivity contribution in [2.24, 2.45) is 0 Å². The van der Waals surface area contributed by atoms with Crippen molar-refractivity contribution in [3.05, 3.63) is 36.8 Å². The van der Waals surface area contributed by atoms with Crippen LogP contribution in [0.1, 0.15) is 12.8 Å². The van der Waals surface area contributed by atoms with E-state index >= 15 is 0 Å². The zero-order valence-corrected chi connectivity index (χ0v) is 13.4. The normalized spacial score (nSPS) is 11.7. The zero-order chi connectivity index (χ0) is 17.9. The van der Waals surface area contributed by atoms with Gasteiger partial charge in [0, 0.05) is 30.9 Å². The summed E-state index contributed by atoms with van der Waals surface area (Å²) >= 11 is 0. The molecule has 3 aromatic rings. The molecule has 132 valence electrons. The summed E-state index contributed by atoms with van der Waals surface area (Å²) < 4.78 is 43.4. The predicted octanol–water partition coefficient (Wildman–Crippen LogP) is 3.55. The third-order valence-corrected chi connectivity index (χ3v) is 3.57. The zero-order valence-electron chi connectivity index (χ0n) is 13.4. The van der Waals surface area contributed by atoms with Crippen LogP contribution in [0.25, 0.3) is 16.8 Å². The number of nitrogens with zero attached hydrogens (tertiary/aromatic N) is 4. The number of hydrogen-bond acceptors (Lipinski definition) is 5. The smallest absolute Gasteiger partial charge is 0.389 e. The van der Waals surface area contributed by atoms with E-state index in [1.807, 2.05) is 6.07 Å². The van der Waals surface area contributed by atoms with Crippen LogP contribution in [0.5, 0.6) is 5.88 Å². The summed E-state index contributed by atoms with van der Waals surface area (Å²) in [5.41, 5.74) is 2.03. The molecule has 3 rings (SSSR count). The Morgan fingerprint density at radius 3 is 2.84 bits per heavy atom. The lowest BCUT2D eigenvalue weighted by Gasteiger charge is -2.09. The average molecular weight is 351 g/mol. The van der Waals surface area contributed by atoms with Gasteiger partial charge in [0.25, 0.3) is 0 Å². The van der Waals surface area contributed by atoms with Crippen molar-refractivity contribution >= 4 is 11.5 Å². The molecular formula is C16H16F3N5O. The second-order valence-corrected chi connectivity index (χ2v) is 5.34. The maximum absolute atomic E-state index is 12.2. The lowest BCUT2D eigenvalue weighted by atomic mass is 10.1. The Morgan fingerprint density at radius 2 is 2.08 bits per heavy atom. The number of hydrogen-bond donors (Lipinski definition) is 1. The molecule has 0 aliphatic heterocycles. The van der Waals surface area contributed by atoms with E-state index < -0.39 is 12.6 Å². The molecule has 0 amide bonds. The molecule has 3 aromatic heterocycles. The van der Waals surface area contributed by atoms with Gasteiger partial charge in [0.2, 0.25) is 5.88 Å². The molecule has 0 saturated heterocycles. The minimum Gasteiger partial charge on any atom is -0.481 e. The maximum atomic E-state index is 12.2. The SMILES string of the molecule is COc1ncccc1-c1cnn2ccc(NCCCC(F)(F)F)nc12.